The quantitative estimate of drug-likeness (QED) is 0.230. The van der Waals surface area contributed by atoms with Gasteiger partial charge in [0.1, 0.15) is 11.4 Å². The molecule has 0 aliphatic carbocycles. The lowest BCUT2D eigenvalue weighted by atomic mass is 10.0. The Balaban J connectivity index is 0.000000448. The van der Waals surface area contributed by atoms with E-state index < -0.39 is 22.9 Å². The molecule has 7 N–H and O–H groups in total. The molecule has 12 heteroatoms. The van der Waals surface area contributed by atoms with Crippen molar-refractivity contribution in [3.05, 3.63) is 86.6 Å². The van der Waals surface area contributed by atoms with Crippen LogP contribution in [0.2, 0.25) is 0 Å². The maximum atomic E-state index is 11.1. The van der Waals surface area contributed by atoms with Crippen LogP contribution in [0.15, 0.2) is 64.4 Å². The Kier molecular flexibility index (Phi) is 12.7. The molecule has 0 radical (unpaired) electrons. The van der Waals surface area contributed by atoms with Crippen LogP contribution >= 0.6 is 0 Å². The Morgan fingerprint density at radius 1 is 1.11 bits per heavy atom. The topological polar surface area (TPSA) is 205 Å². The number of nitrogens with one attached hydrogen (secondary N) is 2. The van der Waals surface area contributed by atoms with Crippen LogP contribution in [0.1, 0.15) is 36.7 Å². The molecule has 1 fully saturated rings. The number of pyridine rings is 1. The van der Waals surface area contributed by atoms with Crippen LogP contribution in [0, 0.1) is 11.1 Å². The highest BCUT2D eigenvalue weighted by atomic mass is 16.5. The average molecular weight is 519 g/mol. The van der Waals surface area contributed by atoms with E-state index in [1.807, 2.05) is 46.4 Å². The Hall–Kier alpha value is -4.00. The number of hydrogen-bond donors (Lipinski definition) is 3. The van der Waals surface area contributed by atoms with Gasteiger partial charge in [-0.1, -0.05) is 19.1 Å². The van der Waals surface area contributed by atoms with Gasteiger partial charge >= 0.3 is 11.7 Å². The lowest BCUT2D eigenvalue weighted by molar-refractivity contribution is -0.605. The van der Waals surface area contributed by atoms with Crippen molar-refractivity contribution in [3.63, 3.8) is 0 Å². The van der Waals surface area contributed by atoms with Gasteiger partial charge in [0.25, 0.3) is 5.56 Å². The number of ether oxygens (including phenoxy) is 1. The number of piperidine rings is 1. The summed E-state index contributed by atoms with van der Waals surface area (Å²) in [5.74, 6) is 0.398. The number of likely N-dealkylation sites (tertiary alicyclic amines) is 1. The van der Waals surface area contributed by atoms with Gasteiger partial charge < -0.3 is 35.9 Å². The maximum absolute atomic E-state index is 11.1. The van der Waals surface area contributed by atoms with Gasteiger partial charge in [0.15, 0.2) is 12.4 Å². The molecular formula is C25H34N4O8. The van der Waals surface area contributed by atoms with Crippen LogP contribution in [0.4, 0.5) is 0 Å². The average Bonchev–Trinajstić information content (AvgIpc) is 2.83. The number of carbonyl (C=O) groups is 1. The van der Waals surface area contributed by atoms with E-state index in [0.29, 0.717) is 0 Å². The monoisotopic (exact) mass is 518 g/mol. The molecule has 1 aromatic carbocycles. The first-order valence-corrected chi connectivity index (χ1v) is 11.5. The fourth-order valence-corrected chi connectivity index (χ4v) is 3.90. The van der Waals surface area contributed by atoms with E-state index in [2.05, 4.69) is 11.8 Å². The van der Waals surface area contributed by atoms with Gasteiger partial charge in [-0.05, 0) is 55.0 Å². The maximum Gasteiger partial charge on any atom is 0.352 e. The zero-order chi connectivity index (χ0) is 25.2. The number of carboxylic acids is 1. The summed E-state index contributed by atoms with van der Waals surface area (Å²) in [7, 11) is 0. The Morgan fingerprint density at radius 3 is 2.35 bits per heavy atom. The second kappa shape index (κ2) is 15.2. The predicted molar refractivity (Wildman–Crippen MR) is 138 cm³/mol. The van der Waals surface area contributed by atoms with Gasteiger partial charge in [-0.2, -0.15) is 4.73 Å². The highest BCUT2D eigenvalue weighted by molar-refractivity contribution is 5.84. The molecule has 1 aliphatic heterocycles. The number of aromatic nitrogens is 3. The molecule has 0 amide bonds. The minimum absolute atomic E-state index is 0. The predicted octanol–water partition coefficient (Wildman–Crippen LogP) is 0.600. The number of aromatic carboxylic acids is 1. The number of rotatable bonds is 7. The molecule has 12 nitrogen and oxygen atoms in total. The van der Waals surface area contributed by atoms with Crippen LogP contribution in [0.3, 0.4) is 0 Å². The molecule has 1 atom stereocenters. The highest BCUT2D eigenvalue weighted by Gasteiger charge is 2.15. The highest BCUT2D eigenvalue weighted by Crippen LogP contribution is 2.21. The van der Waals surface area contributed by atoms with Crippen LogP contribution in [0.5, 0.6) is 5.75 Å². The van der Waals surface area contributed by atoms with Crippen LogP contribution < -0.4 is 20.7 Å². The molecule has 1 unspecified atom stereocenters. The van der Waals surface area contributed by atoms with Crippen LogP contribution in [-0.2, 0) is 0 Å². The van der Waals surface area contributed by atoms with E-state index >= 15 is 0 Å². The number of aromatic amines is 2. The van der Waals surface area contributed by atoms with Gasteiger partial charge in [-0.25, -0.2) is 9.59 Å². The number of benzene rings is 1. The Labute approximate surface area is 213 Å². The van der Waals surface area contributed by atoms with E-state index in [1.54, 1.807) is 0 Å². The van der Waals surface area contributed by atoms with E-state index in [4.69, 9.17) is 9.84 Å². The van der Waals surface area contributed by atoms with E-state index in [1.165, 1.54) is 38.3 Å². The molecule has 0 spiro atoms. The summed E-state index contributed by atoms with van der Waals surface area (Å²) in [6.45, 7) is 6.69. The minimum atomic E-state index is -1.34. The third-order valence-corrected chi connectivity index (χ3v) is 5.61. The molecule has 4 rings (SSSR count). The molecule has 202 valence electrons. The van der Waals surface area contributed by atoms with Gasteiger partial charge in [-0.3, -0.25) is 9.78 Å². The van der Waals surface area contributed by atoms with Crippen molar-refractivity contribution in [3.8, 4) is 16.9 Å². The molecule has 0 bridgehead atoms. The van der Waals surface area contributed by atoms with Crippen molar-refractivity contribution in [2.45, 2.75) is 26.2 Å². The third-order valence-electron chi connectivity index (χ3n) is 5.61. The standard InChI is InChI=1S/C20H26N2O2.C5H4N2O4.2H2O/c1-17-4-2-11-21(16-17)12-3-15-24-20-7-5-18(6-8-20)19-9-13-22(23)14-10-19;8-3-1-2(4(9)10)6-5(11)7-3;;/h5-10,13-14,17H,2-4,11-12,15-16H2,1H3;1H,(H,9,10)(H2,6,7,8,11);2*1H2. The smallest absolute Gasteiger partial charge is 0.352 e. The molecule has 1 saturated heterocycles. The summed E-state index contributed by atoms with van der Waals surface area (Å²) in [6.07, 6.45) is 6.80. The molecule has 37 heavy (non-hydrogen) atoms. The largest absolute Gasteiger partial charge is 0.619 e. The second-order valence-corrected chi connectivity index (χ2v) is 8.53. The van der Waals surface area contributed by atoms with Gasteiger partial charge in [0.2, 0.25) is 0 Å². The first-order chi connectivity index (χ1) is 16.8. The van der Waals surface area contributed by atoms with Crippen molar-refractivity contribution >= 4 is 5.97 Å². The SMILES string of the molecule is CC1CCCN(CCCOc2ccc(-c3cc[n+]([O-])cc3)cc2)C1.O.O.O=C(O)c1cc(=O)[nH]c(=O)[nH]1. The normalized spacial score (nSPS) is 14.8. The van der Waals surface area contributed by atoms with Gasteiger partial charge in [0, 0.05) is 31.3 Å². The van der Waals surface area contributed by atoms with Crippen molar-refractivity contribution in [1.82, 2.24) is 14.9 Å². The molecule has 2 aromatic heterocycles. The molecule has 3 heterocycles. The zero-order valence-electron chi connectivity index (χ0n) is 20.6. The summed E-state index contributed by atoms with van der Waals surface area (Å²) < 4.78 is 6.65. The summed E-state index contributed by atoms with van der Waals surface area (Å²) in [5.41, 5.74) is 0.151. The first-order valence-electron chi connectivity index (χ1n) is 11.5. The molecule has 1 aliphatic rings. The Morgan fingerprint density at radius 2 is 1.76 bits per heavy atom. The van der Waals surface area contributed by atoms with Gasteiger partial charge in [-0.15, -0.1) is 0 Å². The summed E-state index contributed by atoms with van der Waals surface area (Å²) in [6, 6.07) is 12.5. The summed E-state index contributed by atoms with van der Waals surface area (Å²) in [4.78, 5) is 37.4. The van der Waals surface area contributed by atoms with E-state index in [-0.39, 0.29) is 11.0 Å². The van der Waals surface area contributed by atoms with Crippen molar-refractivity contribution in [2.75, 3.05) is 26.2 Å². The minimum Gasteiger partial charge on any atom is -0.619 e. The lowest BCUT2D eigenvalue weighted by Crippen LogP contribution is -2.35. The van der Waals surface area contributed by atoms with Crippen LogP contribution in [0.25, 0.3) is 11.1 Å². The van der Waals surface area contributed by atoms with Crippen LogP contribution in [-0.4, -0.2) is 63.1 Å². The summed E-state index contributed by atoms with van der Waals surface area (Å²) in [5, 5.41) is 19.4. The lowest BCUT2D eigenvalue weighted by Gasteiger charge is -2.30. The third kappa shape index (κ3) is 10.3. The van der Waals surface area contributed by atoms with Crippen molar-refractivity contribution in [2.24, 2.45) is 5.92 Å². The number of carboxylic acid groups (broad SMARTS) is 1. The van der Waals surface area contributed by atoms with Gasteiger partial charge in [0.05, 0.1) is 6.61 Å². The number of nitrogens with zero attached hydrogens (tertiary/aromatic N) is 2. The van der Waals surface area contributed by atoms with Crippen molar-refractivity contribution < 1.29 is 30.3 Å². The van der Waals surface area contributed by atoms with E-state index in [9.17, 15) is 19.6 Å². The fraction of sp³-hybridized carbons (Fsp3) is 0.360. The molecule has 3 aromatic rings. The zero-order valence-corrected chi connectivity index (χ0v) is 20.6. The summed E-state index contributed by atoms with van der Waals surface area (Å²) >= 11 is 0. The molecular weight excluding hydrogens is 484 g/mol. The fourth-order valence-electron chi connectivity index (χ4n) is 3.90. The number of H-pyrrole nitrogens is 2. The van der Waals surface area contributed by atoms with Crippen molar-refractivity contribution in [1.29, 1.82) is 0 Å². The second-order valence-electron chi connectivity index (χ2n) is 8.53. The molecule has 0 saturated carbocycles. The number of hydrogen-bond acceptors (Lipinski definition) is 6. The first kappa shape index (κ1) is 31.0. The Bertz CT molecular complexity index is 1180. The van der Waals surface area contributed by atoms with E-state index in [0.717, 1.165) is 53.2 Å².